The fourth-order valence-electron chi connectivity index (χ4n) is 3.69. The normalized spacial score (nSPS) is 18.9. The molecular weight excluding hydrogens is 442 g/mol. The Morgan fingerprint density at radius 1 is 1.34 bits per heavy atom. The Kier molecular flexibility index (Phi) is 7.44. The maximum atomic E-state index is 14.9. The zero-order valence-electron chi connectivity index (χ0n) is 17.9. The predicted molar refractivity (Wildman–Crippen MR) is 120 cm³/mol. The monoisotopic (exact) mass is 468 g/mol. The molecule has 0 saturated carbocycles. The number of ether oxygens (including phenoxy) is 1. The third kappa shape index (κ3) is 5.42. The van der Waals surface area contributed by atoms with E-state index in [1.54, 1.807) is 11.9 Å². The molecule has 0 aliphatic carbocycles. The maximum absolute atomic E-state index is 14.9. The molecule has 2 amide bonds. The summed E-state index contributed by atoms with van der Waals surface area (Å²) in [6.45, 7) is 2.40. The van der Waals surface area contributed by atoms with Gasteiger partial charge in [0.05, 0.1) is 25.1 Å². The van der Waals surface area contributed by atoms with Crippen molar-refractivity contribution in [2.24, 2.45) is 0 Å². The van der Waals surface area contributed by atoms with Crippen LogP contribution in [-0.4, -0.2) is 73.7 Å². The molecule has 2 aliphatic rings. The van der Waals surface area contributed by atoms with E-state index in [4.69, 9.17) is 22.4 Å². The Balaban J connectivity index is 1.64. The standard InChI is InChI=1S/C20H26F2N6O3S/c1-12(29)24-9-15-10-28(20(30)31-15)14-7-16(21)18(17(22)8-14)27-5-3-13(4-6-27)25-19(32)26(2)11-23/h7-8,11,13,15,23H,3-6,9-10H2,1-2H3,(H,24,29)(H,25,32)/t15-/m0/s1. The second kappa shape index (κ2) is 10.1. The van der Waals surface area contributed by atoms with Gasteiger partial charge in [0.2, 0.25) is 5.91 Å². The van der Waals surface area contributed by atoms with Gasteiger partial charge in [0.15, 0.2) is 16.7 Å². The van der Waals surface area contributed by atoms with Gasteiger partial charge in [-0.25, -0.2) is 13.6 Å². The largest absolute Gasteiger partial charge is 0.442 e. The summed E-state index contributed by atoms with van der Waals surface area (Å²) in [6.07, 6.45) is 1.03. The Labute approximate surface area is 190 Å². The van der Waals surface area contributed by atoms with Crippen molar-refractivity contribution in [3.8, 4) is 0 Å². The second-order valence-electron chi connectivity index (χ2n) is 7.76. The Hall–Kier alpha value is -3.02. The number of anilines is 2. The van der Waals surface area contributed by atoms with Gasteiger partial charge in [0.1, 0.15) is 11.8 Å². The van der Waals surface area contributed by atoms with Gasteiger partial charge in [-0.1, -0.05) is 0 Å². The van der Waals surface area contributed by atoms with Crippen molar-refractivity contribution >= 4 is 47.0 Å². The molecule has 3 N–H and O–H groups in total. The SMILES string of the molecule is CC(=O)NC[C@H]1CN(c2cc(F)c(N3CCC(NC(=S)N(C)C=N)CC3)c(F)c2)C(=O)O1. The molecule has 9 nitrogen and oxygen atoms in total. The first-order chi connectivity index (χ1) is 15.2. The highest BCUT2D eigenvalue weighted by Gasteiger charge is 2.34. The summed E-state index contributed by atoms with van der Waals surface area (Å²) in [5, 5.41) is 13.4. The Morgan fingerprint density at radius 3 is 2.53 bits per heavy atom. The van der Waals surface area contributed by atoms with Crippen LogP contribution in [0, 0.1) is 17.0 Å². The molecule has 2 heterocycles. The Bertz CT molecular complexity index is 886. The molecule has 1 aromatic carbocycles. The van der Waals surface area contributed by atoms with E-state index in [9.17, 15) is 18.4 Å². The number of hydrogen-bond donors (Lipinski definition) is 3. The van der Waals surface area contributed by atoms with E-state index < -0.39 is 23.8 Å². The van der Waals surface area contributed by atoms with Gasteiger partial charge in [-0.15, -0.1) is 0 Å². The minimum absolute atomic E-state index is 0.0476. The number of nitrogens with zero attached hydrogens (tertiary/aromatic N) is 3. The number of halogens is 2. The van der Waals surface area contributed by atoms with Crippen molar-refractivity contribution in [3.63, 3.8) is 0 Å². The number of piperidine rings is 1. The molecule has 2 fully saturated rings. The lowest BCUT2D eigenvalue weighted by Gasteiger charge is -2.35. The van der Waals surface area contributed by atoms with Crippen LogP contribution in [0.2, 0.25) is 0 Å². The van der Waals surface area contributed by atoms with Crippen LogP contribution in [0.25, 0.3) is 0 Å². The number of rotatable bonds is 6. The molecule has 32 heavy (non-hydrogen) atoms. The van der Waals surface area contributed by atoms with Crippen LogP contribution in [0.1, 0.15) is 19.8 Å². The van der Waals surface area contributed by atoms with Crippen molar-refractivity contribution in [1.29, 1.82) is 5.41 Å². The molecule has 0 bridgehead atoms. The molecular formula is C20H26F2N6O3S. The number of benzene rings is 1. The van der Waals surface area contributed by atoms with E-state index in [1.807, 2.05) is 0 Å². The van der Waals surface area contributed by atoms with Gasteiger partial charge in [0, 0.05) is 45.2 Å². The molecule has 1 atom stereocenters. The van der Waals surface area contributed by atoms with E-state index in [-0.39, 0.29) is 36.4 Å². The van der Waals surface area contributed by atoms with Gasteiger partial charge >= 0.3 is 6.09 Å². The topological polar surface area (TPSA) is 101 Å². The molecule has 174 valence electrons. The van der Waals surface area contributed by atoms with Gasteiger partial charge in [-0.2, -0.15) is 0 Å². The smallest absolute Gasteiger partial charge is 0.414 e. The van der Waals surface area contributed by atoms with Crippen LogP contribution < -0.4 is 20.4 Å². The average molecular weight is 469 g/mol. The first kappa shape index (κ1) is 23.6. The molecule has 0 unspecified atom stereocenters. The summed E-state index contributed by atoms with van der Waals surface area (Å²) >= 11 is 5.20. The van der Waals surface area contributed by atoms with Crippen molar-refractivity contribution in [1.82, 2.24) is 15.5 Å². The van der Waals surface area contributed by atoms with E-state index in [0.29, 0.717) is 31.0 Å². The fraction of sp³-hybridized carbons (Fsp3) is 0.500. The molecule has 0 radical (unpaired) electrons. The molecule has 2 aliphatic heterocycles. The van der Waals surface area contributed by atoms with Crippen LogP contribution >= 0.6 is 12.2 Å². The van der Waals surface area contributed by atoms with E-state index >= 15 is 0 Å². The van der Waals surface area contributed by atoms with Gasteiger partial charge in [-0.05, 0) is 25.1 Å². The third-order valence-electron chi connectivity index (χ3n) is 5.42. The number of hydrogen-bond acceptors (Lipinski definition) is 6. The minimum Gasteiger partial charge on any atom is -0.442 e. The summed E-state index contributed by atoms with van der Waals surface area (Å²) in [4.78, 5) is 27.4. The van der Waals surface area contributed by atoms with Crippen molar-refractivity contribution in [3.05, 3.63) is 23.8 Å². The Morgan fingerprint density at radius 2 is 1.97 bits per heavy atom. The van der Waals surface area contributed by atoms with Gasteiger partial charge in [0.25, 0.3) is 0 Å². The second-order valence-corrected chi connectivity index (χ2v) is 8.15. The molecule has 0 aromatic heterocycles. The van der Waals surface area contributed by atoms with E-state index in [0.717, 1.165) is 23.4 Å². The van der Waals surface area contributed by atoms with Crippen LogP contribution in [0.15, 0.2) is 12.1 Å². The van der Waals surface area contributed by atoms with E-state index in [2.05, 4.69) is 10.6 Å². The highest BCUT2D eigenvalue weighted by molar-refractivity contribution is 7.80. The highest BCUT2D eigenvalue weighted by Crippen LogP contribution is 2.32. The maximum Gasteiger partial charge on any atom is 0.414 e. The lowest BCUT2D eigenvalue weighted by Crippen LogP contribution is -2.48. The average Bonchev–Trinajstić information content (AvgIpc) is 3.12. The molecule has 1 aromatic rings. The minimum atomic E-state index is -0.761. The van der Waals surface area contributed by atoms with Gasteiger partial charge < -0.3 is 25.2 Å². The lowest BCUT2D eigenvalue weighted by atomic mass is 10.0. The molecule has 2 saturated heterocycles. The van der Waals surface area contributed by atoms with Crippen molar-refractivity contribution in [2.45, 2.75) is 31.9 Å². The number of thiocarbonyl (C=S) groups is 1. The first-order valence-corrected chi connectivity index (χ1v) is 10.6. The first-order valence-electron chi connectivity index (χ1n) is 10.2. The highest BCUT2D eigenvalue weighted by atomic mass is 32.1. The summed E-state index contributed by atoms with van der Waals surface area (Å²) in [5.41, 5.74) is -0.0654. The summed E-state index contributed by atoms with van der Waals surface area (Å²) < 4.78 is 35.0. The summed E-state index contributed by atoms with van der Waals surface area (Å²) in [7, 11) is 1.67. The number of cyclic esters (lactones) is 1. The van der Waals surface area contributed by atoms with Gasteiger partial charge in [-0.3, -0.25) is 15.1 Å². The fourth-order valence-corrected chi connectivity index (χ4v) is 3.91. The molecule has 0 spiro atoms. The molecule has 3 rings (SSSR count). The number of carbonyl (C=O) groups excluding carboxylic acids is 2. The zero-order valence-corrected chi connectivity index (χ0v) is 18.7. The number of nitrogens with one attached hydrogen (secondary N) is 3. The third-order valence-corrected chi connectivity index (χ3v) is 5.82. The summed E-state index contributed by atoms with van der Waals surface area (Å²) in [6, 6.07) is 2.30. The number of carbonyl (C=O) groups is 2. The van der Waals surface area contributed by atoms with Crippen molar-refractivity contribution in [2.75, 3.05) is 43.0 Å². The zero-order chi connectivity index (χ0) is 23.4. The lowest BCUT2D eigenvalue weighted by molar-refractivity contribution is -0.119. The number of amides is 2. The predicted octanol–water partition coefficient (Wildman–Crippen LogP) is 1.81. The van der Waals surface area contributed by atoms with E-state index in [1.165, 1.54) is 11.8 Å². The van der Waals surface area contributed by atoms with Crippen LogP contribution in [-0.2, 0) is 9.53 Å². The summed E-state index contributed by atoms with van der Waals surface area (Å²) in [5.74, 6) is -1.78. The van der Waals surface area contributed by atoms with Crippen molar-refractivity contribution < 1.29 is 23.1 Å². The van der Waals surface area contributed by atoms with Crippen LogP contribution in [0.3, 0.4) is 0 Å². The van der Waals surface area contributed by atoms with Crippen LogP contribution in [0.4, 0.5) is 25.0 Å². The molecule has 12 heteroatoms. The quantitative estimate of drug-likeness (QED) is 0.333. The van der Waals surface area contributed by atoms with Crippen LogP contribution in [0.5, 0.6) is 0 Å².